The molecule has 0 spiro atoms. The van der Waals surface area contributed by atoms with Crippen molar-refractivity contribution in [1.82, 2.24) is 4.90 Å². The van der Waals surface area contributed by atoms with Gasteiger partial charge in [0.1, 0.15) is 6.61 Å². The van der Waals surface area contributed by atoms with E-state index in [9.17, 15) is 19.2 Å². The second-order valence-electron chi connectivity index (χ2n) is 2.83. The summed E-state index contributed by atoms with van der Waals surface area (Å²) in [5.74, 6) is -2.21. The van der Waals surface area contributed by atoms with E-state index in [0.29, 0.717) is 0 Å². The Morgan fingerprint density at radius 2 is 2.12 bits per heavy atom. The molecule has 7 heteroatoms. The molecule has 7 nitrogen and oxygen atoms in total. The first-order chi connectivity index (χ1) is 7.56. The lowest BCUT2D eigenvalue weighted by molar-refractivity contribution is -0.143. The lowest BCUT2D eigenvalue weighted by Crippen LogP contribution is -2.34. The van der Waals surface area contributed by atoms with Gasteiger partial charge in [-0.25, -0.2) is 4.79 Å². The summed E-state index contributed by atoms with van der Waals surface area (Å²) in [4.78, 5) is 44.4. The van der Waals surface area contributed by atoms with E-state index >= 15 is 0 Å². The molecule has 1 aliphatic heterocycles. The molecule has 1 saturated heterocycles. The van der Waals surface area contributed by atoms with Crippen LogP contribution in [0.15, 0.2) is 12.8 Å². The van der Waals surface area contributed by atoms with Crippen LogP contribution in [0.4, 0.5) is 4.79 Å². The fourth-order valence-corrected chi connectivity index (χ4v) is 1.12. The minimum Gasteiger partial charge on any atom is -0.432 e. The molecule has 0 aromatic carbocycles. The van der Waals surface area contributed by atoms with Crippen LogP contribution in [0.5, 0.6) is 0 Å². The third-order valence-electron chi connectivity index (χ3n) is 1.81. The topological polar surface area (TPSA) is 90.0 Å². The van der Waals surface area contributed by atoms with Crippen molar-refractivity contribution in [1.29, 1.82) is 0 Å². The Kier molecular flexibility index (Phi) is 3.76. The quantitative estimate of drug-likeness (QED) is 0.213. The van der Waals surface area contributed by atoms with Crippen LogP contribution >= 0.6 is 0 Å². The molecule has 0 unspecified atom stereocenters. The van der Waals surface area contributed by atoms with Crippen molar-refractivity contribution in [2.75, 3.05) is 13.2 Å². The number of carbonyl (C=O) groups is 4. The second kappa shape index (κ2) is 5.06. The minimum absolute atomic E-state index is 0.157. The summed E-state index contributed by atoms with van der Waals surface area (Å²) in [6.07, 6.45) is -0.519. The first-order valence-corrected chi connectivity index (χ1v) is 4.38. The molecule has 0 aromatic heterocycles. The Bertz CT molecular complexity index is 361. The largest absolute Gasteiger partial charge is 0.513 e. The lowest BCUT2D eigenvalue weighted by atomic mass is 10.3. The molecule has 1 heterocycles. The van der Waals surface area contributed by atoms with Gasteiger partial charge in [0.05, 0.1) is 19.2 Å². The highest BCUT2D eigenvalue weighted by Crippen LogP contribution is 2.07. The van der Waals surface area contributed by atoms with Crippen molar-refractivity contribution < 1.29 is 28.7 Å². The highest BCUT2D eigenvalue weighted by molar-refractivity contribution is 6.46. The van der Waals surface area contributed by atoms with Gasteiger partial charge in [-0.05, 0) is 0 Å². The number of nitrogens with zero attached hydrogens (tertiary/aromatic N) is 1. The van der Waals surface area contributed by atoms with E-state index in [1.165, 1.54) is 0 Å². The van der Waals surface area contributed by atoms with E-state index in [2.05, 4.69) is 16.1 Å². The summed E-state index contributed by atoms with van der Waals surface area (Å²) in [6.45, 7) is 2.75. The summed E-state index contributed by atoms with van der Waals surface area (Å²) >= 11 is 0. The number of Topliss-reactive ketones (excluding diaryl/α,β-unsaturated/α-hetero) is 1. The summed E-state index contributed by atoms with van der Waals surface area (Å²) in [6, 6.07) is 0. The predicted molar refractivity (Wildman–Crippen MR) is 49.0 cm³/mol. The van der Waals surface area contributed by atoms with Crippen LogP contribution in [0.2, 0.25) is 0 Å². The maximum Gasteiger partial charge on any atom is 0.513 e. The van der Waals surface area contributed by atoms with E-state index < -0.39 is 30.2 Å². The van der Waals surface area contributed by atoms with Crippen LogP contribution in [0.1, 0.15) is 6.42 Å². The zero-order valence-corrected chi connectivity index (χ0v) is 8.30. The van der Waals surface area contributed by atoms with Gasteiger partial charge < -0.3 is 9.47 Å². The monoisotopic (exact) mass is 227 g/mol. The van der Waals surface area contributed by atoms with Crippen LogP contribution in [0.25, 0.3) is 0 Å². The van der Waals surface area contributed by atoms with Gasteiger partial charge in [0.2, 0.25) is 11.7 Å². The molecule has 0 radical (unpaired) electrons. The third kappa shape index (κ3) is 2.66. The van der Waals surface area contributed by atoms with Crippen molar-refractivity contribution in [2.24, 2.45) is 0 Å². The molecule has 0 bridgehead atoms. The van der Waals surface area contributed by atoms with Crippen LogP contribution in [0.3, 0.4) is 0 Å². The maximum absolute atomic E-state index is 11.1. The molecule has 1 rings (SSSR count). The van der Waals surface area contributed by atoms with Gasteiger partial charge in [-0.1, -0.05) is 6.58 Å². The zero-order valence-electron chi connectivity index (χ0n) is 8.30. The molecule has 0 atom stereocenters. The Morgan fingerprint density at radius 3 is 2.62 bits per heavy atom. The minimum atomic E-state index is -0.986. The van der Waals surface area contributed by atoms with Crippen molar-refractivity contribution in [3.05, 3.63) is 12.8 Å². The van der Waals surface area contributed by atoms with Gasteiger partial charge in [0.15, 0.2) is 0 Å². The fourth-order valence-electron chi connectivity index (χ4n) is 1.12. The first-order valence-electron chi connectivity index (χ1n) is 4.38. The number of ether oxygens (including phenoxy) is 2. The predicted octanol–water partition coefficient (Wildman–Crippen LogP) is -0.389. The molecule has 0 aliphatic carbocycles. The van der Waals surface area contributed by atoms with Crippen LogP contribution < -0.4 is 0 Å². The maximum atomic E-state index is 11.1. The van der Waals surface area contributed by atoms with Crippen molar-refractivity contribution in [3.8, 4) is 0 Å². The Hall–Kier alpha value is -2.18. The highest BCUT2D eigenvalue weighted by Gasteiger charge is 2.36. The molecule has 0 aromatic rings. The number of ketones is 1. The molecule has 0 saturated carbocycles. The lowest BCUT2D eigenvalue weighted by Gasteiger charge is -2.11. The van der Waals surface area contributed by atoms with Gasteiger partial charge >= 0.3 is 6.16 Å². The molecule has 1 fully saturated rings. The molecular weight excluding hydrogens is 218 g/mol. The summed E-state index contributed by atoms with van der Waals surface area (Å²) in [7, 11) is 0. The number of rotatable bonds is 4. The average molecular weight is 227 g/mol. The standard InChI is InChI=1S/C9H9NO6/c1-2-15-9(14)16-4-3-10-7(12)5-6(11)8(10)13/h2H,1,3-5H2. The van der Waals surface area contributed by atoms with Gasteiger partial charge in [-0.3, -0.25) is 19.3 Å². The SMILES string of the molecule is C=COC(=O)OCCN1C(=O)CC(=O)C1=O. The Morgan fingerprint density at radius 1 is 1.44 bits per heavy atom. The van der Waals surface area contributed by atoms with E-state index in [0.717, 1.165) is 11.2 Å². The molecule has 86 valence electrons. The van der Waals surface area contributed by atoms with Gasteiger partial charge in [0.25, 0.3) is 5.91 Å². The third-order valence-corrected chi connectivity index (χ3v) is 1.81. The fraction of sp³-hybridized carbons (Fsp3) is 0.333. The molecular formula is C9H9NO6. The number of carbonyl (C=O) groups excluding carboxylic acids is 4. The zero-order chi connectivity index (χ0) is 12.1. The highest BCUT2D eigenvalue weighted by atomic mass is 16.7. The Labute approximate surface area is 90.6 Å². The summed E-state index contributed by atoms with van der Waals surface area (Å²) in [5.41, 5.74) is 0. The normalized spacial score (nSPS) is 15.2. The molecule has 1 aliphatic rings. The van der Waals surface area contributed by atoms with E-state index in [1.807, 2.05) is 0 Å². The van der Waals surface area contributed by atoms with Crippen LogP contribution in [0, 0.1) is 0 Å². The first kappa shape index (κ1) is 11.9. The number of hydrogen-bond acceptors (Lipinski definition) is 6. The van der Waals surface area contributed by atoms with Crippen molar-refractivity contribution in [3.63, 3.8) is 0 Å². The molecule has 0 N–H and O–H groups in total. The van der Waals surface area contributed by atoms with Crippen molar-refractivity contribution in [2.45, 2.75) is 6.42 Å². The van der Waals surface area contributed by atoms with Gasteiger partial charge in [0, 0.05) is 0 Å². The molecule has 2 amide bonds. The number of likely N-dealkylation sites (tertiary alicyclic amines) is 1. The van der Waals surface area contributed by atoms with E-state index in [-0.39, 0.29) is 13.2 Å². The van der Waals surface area contributed by atoms with Crippen LogP contribution in [-0.2, 0) is 23.9 Å². The smallest absolute Gasteiger partial charge is 0.432 e. The number of amides is 2. The summed E-state index contributed by atoms with van der Waals surface area (Å²) in [5, 5.41) is 0. The number of hydrogen-bond donors (Lipinski definition) is 0. The van der Waals surface area contributed by atoms with E-state index in [1.54, 1.807) is 0 Å². The molecule has 16 heavy (non-hydrogen) atoms. The van der Waals surface area contributed by atoms with Crippen LogP contribution in [-0.4, -0.2) is 41.8 Å². The number of imide groups is 1. The van der Waals surface area contributed by atoms with Gasteiger partial charge in [-0.2, -0.15) is 0 Å². The Balaban J connectivity index is 2.36. The van der Waals surface area contributed by atoms with Crippen molar-refractivity contribution >= 4 is 23.8 Å². The average Bonchev–Trinajstić information content (AvgIpc) is 2.45. The second-order valence-corrected chi connectivity index (χ2v) is 2.83. The summed E-state index contributed by atoms with van der Waals surface area (Å²) < 4.78 is 8.72. The van der Waals surface area contributed by atoms with E-state index in [4.69, 9.17) is 0 Å². The van der Waals surface area contributed by atoms with Gasteiger partial charge in [-0.15, -0.1) is 0 Å².